The van der Waals surface area contributed by atoms with Gasteiger partial charge in [-0.05, 0) is 52.0 Å². The van der Waals surface area contributed by atoms with E-state index in [9.17, 15) is 5.26 Å². The zero-order valence-electron chi connectivity index (χ0n) is 20.2. The molecule has 0 aliphatic heterocycles. The van der Waals surface area contributed by atoms with Gasteiger partial charge in [0.05, 0.1) is 17.3 Å². The minimum absolute atomic E-state index is 0.0137. The normalized spacial score (nSPS) is 12.1. The molecule has 0 aliphatic rings. The molecule has 0 saturated carbocycles. The van der Waals surface area contributed by atoms with Gasteiger partial charge in [-0.15, -0.1) is 0 Å². The van der Waals surface area contributed by atoms with Gasteiger partial charge >= 0.3 is 0 Å². The van der Waals surface area contributed by atoms with Crippen LogP contribution in [0.4, 0.5) is 0 Å². The van der Waals surface area contributed by atoms with Crippen molar-refractivity contribution in [3.63, 3.8) is 0 Å². The molecule has 0 aliphatic carbocycles. The first-order valence-corrected chi connectivity index (χ1v) is 11.3. The standard InChI is InChI=1S/C28H35N3/c1-18(2)23-15-21(17-29)16-24(19(3)4)26(23)31-14-13-30-27(31)22-11-9-10-12-25(22)28(7,8)20(5)6/h9-16,18-20H,1-8H3. The summed E-state index contributed by atoms with van der Waals surface area (Å²) in [7, 11) is 0. The molecule has 31 heavy (non-hydrogen) atoms. The zero-order valence-corrected chi connectivity index (χ0v) is 20.2. The van der Waals surface area contributed by atoms with Gasteiger partial charge in [0.15, 0.2) is 0 Å². The van der Waals surface area contributed by atoms with Crippen molar-refractivity contribution in [1.82, 2.24) is 9.55 Å². The van der Waals surface area contributed by atoms with Crippen LogP contribution in [-0.2, 0) is 5.41 Å². The van der Waals surface area contributed by atoms with Gasteiger partial charge in [-0.25, -0.2) is 4.98 Å². The van der Waals surface area contributed by atoms with E-state index in [1.807, 2.05) is 18.3 Å². The predicted molar refractivity (Wildman–Crippen MR) is 130 cm³/mol. The lowest BCUT2D eigenvalue weighted by Gasteiger charge is -2.32. The summed E-state index contributed by atoms with van der Waals surface area (Å²) in [5.74, 6) is 2.03. The van der Waals surface area contributed by atoms with E-state index in [1.165, 1.54) is 22.3 Å². The highest BCUT2D eigenvalue weighted by molar-refractivity contribution is 5.67. The topological polar surface area (TPSA) is 41.6 Å². The molecular weight excluding hydrogens is 378 g/mol. The summed E-state index contributed by atoms with van der Waals surface area (Å²) in [6, 6.07) is 15.1. The molecule has 0 spiro atoms. The molecule has 0 atom stereocenters. The van der Waals surface area contributed by atoms with Crippen LogP contribution >= 0.6 is 0 Å². The zero-order chi connectivity index (χ0) is 22.9. The van der Waals surface area contributed by atoms with Crippen molar-refractivity contribution in [3.8, 4) is 23.1 Å². The first-order chi connectivity index (χ1) is 14.6. The molecule has 1 heterocycles. The number of rotatable bonds is 6. The molecule has 0 radical (unpaired) electrons. The van der Waals surface area contributed by atoms with Crippen LogP contribution in [0.2, 0.25) is 0 Å². The highest BCUT2D eigenvalue weighted by Gasteiger charge is 2.29. The fourth-order valence-electron chi connectivity index (χ4n) is 4.14. The van der Waals surface area contributed by atoms with Crippen LogP contribution in [0.25, 0.3) is 17.1 Å². The molecule has 0 bridgehead atoms. The van der Waals surface area contributed by atoms with E-state index in [2.05, 4.69) is 96.5 Å². The molecule has 0 N–H and O–H groups in total. The van der Waals surface area contributed by atoms with E-state index < -0.39 is 0 Å². The van der Waals surface area contributed by atoms with Crippen molar-refractivity contribution in [3.05, 3.63) is 71.0 Å². The lowest BCUT2D eigenvalue weighted by Crippen LogP contribution is -2.25. The Kier molecular flexibility index (Phi) is 6.41. The molecule has 0 unspecified atom stereocenters. The first kappa shape index (κ1) is 22.8. The first-order valence-electron chi connectivity index (χ1n) is 11.3. The molecule has 3 nitrogen and oxygen atoms in total. The maximum atomic E-state index is 9.61. The lowest BCUT2D eigenvalue weighted by molar-refractivity contribution is 0.373. The number of imidazole rings is 1. The van der Waals surface area contributed by atoms with Crippen LogP contribution in [-0.4, -0.2) is 9.55 Å². The maximum Gasteiger partial charge on any atom is 0.144 e. The smallest absolute Gasteiger partial charge is 0.144 e. The van der Waals surface area contributed by atoms with Crippen molar-refractivity contribution >= 4 is 0 Å². The average molecular weight is 414 g/mol. The molecule has 0 fully saturated rings. The van der Waals surface area contributed by atoms with Crippen molar-refractivity contribution in [2.45, 2.75) is 72.6 Å². The minimum Gasteiger partial charge on any atom is -0.299 e. The molecule has 3 heteroatoms. The molecule has 1 aromatic heterocycles. The van der Waals surface area contributed by atoms with Crippen LogP contribution in [0.15, 0.2) is 48.8 Å². The van der Waals surface area contributed by atoms with Crippen LogP contribution < -0.4 is 0 Å². The highest BCUT2D eigenvalue weighted by atomic mass is 15.1. The van der Waals surface area contributed by atoms with E-state index in [0.29, 0.717) is 17.8 Å². The number of aromatic nitrogens is 2. The summed E-state index contributed by atoms with van der Waals surface area (Å²) >= 11 is 0. The van der Waals surface area contributed by atoms with Gasteiger partial charge in [0.25, 0.3) is 0 Å². The van der Waals surface area contributed by atoms with Crippen molar-refractivity contribution in [1.29, 1.82) is 5.26 Å². The molecule has 0 amide bonds. The van der Waals surface area contributed by atoms with E-state index >= 15 is 0 Å². The third kappa shape index (κ3) is 4.17. The quantitative estimate of drug-likeness (QED) is 0.417. The Morgan fingerprint density at radius 2 is 1.52 bits per heavy atom. The van der Waals surface area contributed by atoms with Crippen LogP contribution in [0, 0.1) is 17.2 Å². The SMILES string of the molecule is CC(C)c1cc(C#N)cc(C(C)C)c1-n1ccnc1-c1ccccc1C(C)(C)C(C)C. The Hall–Kier alpha value is -2.86. The number of hydrogen-bond donors (Lipinski definition) is 0. The van der Waals surface area contributed by atoms with Crippen LogP contribution in [0.3, 0.4) is 0 Å². The van der Waals surface area contributed by atoms with Gasteiger partial charge in [0, 0.05) is 18.0 Å². The Bertz CT molecular complexity index is 1080. The lowest BCUT2D eigenvalue weighted by atomic mass is 9.73. The summed E-state index contributed by atoms with van der Waals surface area (Å²) in [5.41, 5.74) is 6.74. The summed E-state index contributed by atoms with van der Waals surface area (Å²) in [6.45, 7) is 17.9. The highest BCUT2D eigenvalue weighted by Crippen LogP contribution is 2.40. The van der Waals surface area contributed by atoms with E-state index in [-0.39, 0.29) is 5.41 Å². The van der Waals surface area contributed by atoms with Gasteiger partial charge in [-0.1, -0.05) is 79.7 Å². The third-order valence-corrected chi connectivity index (χ3v) is 6.73. The average Bonchev–Trinajstić information content (AvgIpc) is 3.21. The maximum absolute atomic E-state index is 9.61. The Morgan fingerprint density at radius 3 is 2.03 bits per heavy atom. The van der Waals surface area contributed by atoms with Crippen LogP contribution in [0.5, 0.6) is 0 Å². The van der Waals surface area contributed by atoms with Gasteiger partial charge in [0.1, 0.15) is 5.82 Å². The number of nitrogens with zero attached hydrogens (tertiary/aromatic N) is 3. The molecule has 0 saturated heterocycles. The Balaban J connectivity index is 2.35. The van der Waals surface area contributed by atoms with Gasteiger partial charge in [-0.3, -0.25) is 4.57 Å². The van der Waals surface area contributed by atoms with E-state index in [1.54, 1.807) is 0 Å². The van der Waals surface area contributed by atoms with Crippen LogP contribution in [0.1, 0.15) is 89.5 Å². The number of benzene rings is 2. The number of hydrogen-bond acceptors (Lipinski definition) is 2. The molecule has 3 rings (SSSR count). The van der Waals surface area contributed by atoms with Crippen molar-refractivity contribution in [2.24, 2.45) is 5.92 Å². The molecule has 162 valence electrons. The Labute approximate surface area is 187 Å². The number of nitriles is 1. The van der Waals surface area contributed by atoms with Crippen molar-refractivity contribution < 1.29 is 0 Å². The summed E-state index contributed by atoms with van der Waals surface area (Å²) in [5, 5.41) is 9.61. The minimum atomic E-state index is 0.0137. The predicted octanol–water partition coefficient (Wildman–Crippen LogP) is 7.59. The summed E-state index contributed by atoms with van der Waals surface area (Å²) < 4.78 is 2.24. The van der Waals surface area contributed by atoms with Crippen molar-refractivity contribution in [2.75, 3.05) is 0 Å². The fourth-order valence-corrected chi connectivity index (χ4v) is 4.14. The van der Waals surface area contributed by atoms with Gasteiger partial charge < -0.3 is 0 Å². The second-order valence-electron chi connectivity index (χ2n) is 9.97. The second-order valence-corrected chi connectivity index (χ2v) is 9.97. The monoisotopic (exact) mass is 413 g/mol. The molecule has 2 aromatic carbocycles. The molecular formula is C28H35N3. The largest absolute Gasteiger partial charge is 0.299 e. The van der Waals surface area contributed by atoms with E-state index in [0.717, 1.165) is 17.1 Å². The molecule has 3 aromatic rings. The summed E-state index contributed by atoms with van der Waals surface area (Å²) in [4.78, 5) is 4.84. The fraction of sp³-hybridized carbons (Fsp3) is 0.429. The Morgan fingerprint density at radius 1 is 0.935 bits per heavy atom. The van der Waals surface area contributed by atoms with E-state index in [4.69, 9.17) is 4.98 Å². The third-order valence-electron chi connectivity index (χ3n) is 6.73. The van der Waals surface area contributed by atoms with Gasteiger partial charge in [0.2, 0.25) is 0 Å². The second kappa shape index (κ2) is 8.71. The van der Waals surface area contributed by atoms with Gasteiger partial charge in [-0.2, -0.15) is 5.26 Å². The summed E-state index contributed by atoms with van der Waals surface area (Å²) in [6.07, 6.45) is 3.95.